The molecule has 0 rings (SSSR count). The molecular formula is C74H124O6. The van der Waals surface area contributed by atoms with Crippen molar-refractivity contribution in [2.24, 2.45) is 0 Å². The second kappa shape index (κ2) is 67.3. The highest BCUT2D eigenvalue weighted by atomic mass is 16.6. The fourth-order valence-electron chi connectivity index (χ4n) is 9.29. The van der Waals surface area contributed by atoms with Gasteiger partial charge in [0.1, 0.15) is 13.2 Å². The van der Waals surface area contributed by atoms with Gasteiger partial charge in [0.25, 0.3) is 0 Å². The lowest BCUT2D eigenvalue weighted by Crippen LogP contribution is -2.30. The first-order valence-corrected chi connectivity index (χ1v) is 33.5. The molecule has 0 saturated carbocycles. The van der Waals surface area contributed by atoms with Crippen LogP contribution in [0.3, 0.4) is 0 Å². The molecule has 0 radical (unpaired) electrons. The highest BCUT2D eigenvalue weighted by Gasteiger charge is 2.19. The molecule has 0 saturated heterocycles. The summed E-state index contributed by atoms with van der Waals surface area (Å²) in [6.07, 6.45) is 94.1. The normalized spacial score (nSPS) is 12.9. The molecule has 1 unspecified atom stereocenters. The molecule has 0 heterocycles. The van der Waals surface area contributed by atoms with Crippen molar-refractivity contribution < 1.29 is 28.6 Å². The van der Waals surface area contributed by atoms with Crippen molar-refractivity contribution in [3.8, 4) is 0 Å². The van der Waals surface area contributed by atoms with E-state index in [1.54, 1.807) is 0 Å². The largest absolute Gasteiger partial charge is 0.462 e. The van der Waals surface area contributed by atoms with Crippen LogP contribution in [-0.2, 0) is 28.6 Å². The van der Waals surface area contributed by atoms with Crippen molar-refractivity contribution in [3.63, 3.8) is 0 Å². The van der Waals surface area contributed by atoms with Gasteiger partial charge in [0, 0.05) is 19.3 Å². The van der Waals surface area contributed by atoms with E-state index in [4.69, 9.17) is 14.2 Å². The topological polar surface area (TPSA) is 78.9 Å². The maximum Gasteiger partial charge on any atom is 0.306 e. The zero-order valence-corrected chi connectivity index (χ0v) is 52.3. The number of unbranched alkanes of at least 4 members (excludes halogenated alkanes) is 29. The molecule has 0 bridgehead atoms. The van der Waals surface area contributed by atoms with Gasteiger partial charge in [-0.1, -0.05) is 316 Å². The summed E-state index contributed by atoms with van der Waals surface area (Å²) in [6.45, 7) is 6.34. The van der Waals surface area contributed by atoms with Crippen LogP contribution in [0.5, 0.6) is 0 Å². The molecule has 6 nitrogen and oxygen atoms in total. The molecule has 0 aliphatic heterocycles. The molecule has 0 spiro atoms. The molecule has 0 fully saturated rings. The highest BCUT2D eigenvalue weighted by molar-refractivity contribution is 5.71. The van der Waals surface area contributed by atoms with Crippen molar-refractivity contribution in [1.29, 1.82) is 0 Å². The van der Waals surface area contributed by atoms with Gasteiger partial charge in [-0.3, -0.25) is 14.4 Å². The first kappa shape index (κ1) is 75.8. The van der Waals surface area contributed by atoms with Crippen LogP contribution in [-0.4, -0.2) is 37.2 Å². The zero-order valence-electron chi connectivity index (χ0n) is 52.3. The van der Waals surface area contributed by atoms with Crippen molar-refractivity contribution in [3.05, 3.63) is 122 Å². The average molecular weight is 1110 g/mol. The van der Waals surface area contributed by atoms with Gasteiger partial charge in [-0.05, 0) is 96.3 Å². The fraction of sp³-hybridized carbons (Fsp3) is 0.689. The second-order valence-electron chi connectivity index (χ2n) is 22.0. The SMILES string of the molecule is CC/C=C\C/C=C\C/C=C\C/C=C\C/C=C\C/C=C\CCC(=O)OC(COC(=O)CCCCCCCCCC)COC(=O)CCCCCCCCCCCCCCCCCCCCCCCC/C=C\C/C=C\C/C=C\C/C=C\CC. The van der Waals surface area contributed by atoms with Gasteiger partial charge in [-0.2, -0.15) is 0 Å². The summed E-state index contributed by atoms with van der Waals surface area (Å²) in [6, 6.07) is 0. The molecule has 80 heavy (non-hydrogen) atoms. The van der Waals surface area contributed by atoms with Crippen LogP contribution in [0.1, 0.15) is 310 Å². The molecule has 0 amide bonds. The van der Waals surface area contributed by atoms with E-state index in [2.05, 4.69) is 136 Å². The predicted octanol–water partition coefficient (Wildman–Crippen LogP) is 23.2. The van der Waals surface area contributed by atoms with Crippen LogP contribution in [0.4, 0.5) is 0 Å². The number of hydrogen-bond acceptors (Lipinski definition) is 6. The van der Waals surface area contributed by atoms with Gasteiger partial charge in [0.2, 0.25) is 0 Å². The summed E-state index contributed by atoms with van der Waals surface area (Å²) in [5.74, 6) is -0.988. The van der Waals surface area contributed by atoms with E-state index in [-0.39, 0.29) is 31.6 Å². The molecular weight excluding hydrogens is 985 g/mol. The third-order valence-electron chi connectivity index (χ3n) is 14.2. The summed E-state index contributed by atoms with van der Waals surface area (Å²) in [4.78, 5) is 38.1. The Hall–Kier alpha value is -4.19. The molecule has 0 aliphatic rings. The van der Waals surface area contributed by atoms with E-state index in [0.29, 0.717) is 19.3 Å². The van der Waals surface area contributed by atoms with Crippen LogP contribution in [0, 0.1) is 0 Å². The minimum Gasteiger partial charge on any atom is -0.462 e. The van der Waals surface area contributed by atoms with E-state index in [1.807, 2.05) is 6.08 Å². The lowest BCUT2D eigenvalue weighted by Gasteiger charge is -2.18. The van der Waals surface area contributed by atoms with Crippen molar-refractivity contribution in [2.75, 3.05) is 13.2 Å². The van der Waals surface area contributed by atoms with Crippen molar-refractivity contribution in [1.82, 2.24) is 0 Å². The molecule has 0 aromatic heterocycles. The minimum absolute atomic E-state index is 0.106. The molecule has 6 heteroatoms. The van der Waals surface area contributed by atoms with Crippen LogP contribution in [0.25, 0.3) is 0 Å². The lowest BCUT2D eigenvalue weighted by molar-refractivity contribution is -0.166. The Morgan fingerprint density at radius 2 is 0.512 bits per heavy atom. The van der Waals surface area contributed by atoms with E-state index >= 15 is 0 Å². The van der Waals surface area contributed by atoms with Crippen LogP contribution < -0.4 is 0 Å². The summed E-state index contributed by atoms with van der Waals surface area (Å²) in [5.41, 5.74) is 0. The van der Waals surface area contributed by atoms with Crippen molar-refractivity contribution in [2.45, 2.75) is 316 Å². The number of ether oxygens (including phenoxy) is 3. The van der Waals surface area contributed by atoms with Crippen LogP contribution in [0.2, 0.25) is 0 Å². The monoisotopic (exact) mass is 1110 g/mol. The number of esters is 3. The highest BCUT2D eigenvalue weighted by Crippen LogP contribution is 2.17. The summed E-state index contributed by atoms with van der Waals surface area (Å²) in [7, 11) is 0. The first-order chi connectivity index (χ1) is 39.5. The third-order valence-corrected chi connectivity index (χ3v) is 14.2. The van der Waals surface area contributed by atoms with E-state index in [0.717, 1.165) is 103 Å². The lowest BCUT2D eigenvalue weighted by atomic mass is 10.0. The fourth-order valence-corrected chi connectivity index (χ4v) is 9.29. The number of allylic oxidation sites excluding steroid dienone is 20. The molecule has 0 aromatic carbocycles. The maximum atomic E-state index is 12.8. The van der Waals surface area contributed by atoms with Gasteiger partial charge >= 0.3 is 17.9 Å². The first-order valence-electron chi connectivity index (χ1n) is 33.5. The average Bonchev–Trinajstić information content (AvgIpc) is 3.46. The van der Waals surface area contributed by atoms with Crippen LogP contribution in [0.15, 0.2) is 122 Å². The van der Waals surface area contributed by atoms with E-state index < -0.39 is 12.1 Å². The summed E-state index contributed by atoms with van der Waals surface area (Å²) < 4.78 is 16.8. The number of hydrogen-bond donors (Lipinski definition) is 0. The Morgan fingerprint density at radius 3 is 0.812 bits per heavy atom. The molecule has 0 N–H and O–H groups in total. The number of carbonyl (C=O) groups is 3. The Morgan fingerprint density at radius 1 is 0.263 bits per heavy atom. The Bertz CT molecular complexity index is 1650. The third kappa shape index (κ3) is 64.6. The molecule has 456 valence electrons. The standard InChI is InChI=1S/C74H124O6/c1-4-7-10-13-16-19-21-23-25-27-29-30-31-32-33-34-35-36-37-38-39-40-41-42-43-44-46-47-49-51-53-55-58-61-64-67-73(76)79-70-71(69-78-72(75)66-63-60-57-18-15-12-9-6-3)80-74(77)68-65-62-59-56-54-52-50-48-45-28-26-24-22-20-17-14-11-8-5-2/h7-8,10-11,16-17,19-20,23-26,29-30,45,48,52,54,59,62,71H,4-6,9,12-15,18,21-22,27-28,31-44,46-47,49-51,53,55-58,60-61,63-70H2,1-3H3/b10-7-,11-8-,19-16-,20-17-,25-23-,26-24-,30-29-,48-45-,54-52-,62-59-. The Balaban J connectivity index is 4.09. The van der Waals surface area contributed by atoms with E-state index in [1.165, 1.54) is 161 Å². The van der Waals surface area contributed by atoms with Crippen LogP contribution >= 0.6 is 0 Å². The molecule has 0 aromatic rings. The Labute approximate surface area is 494 Å². The van der Waals surface area contributed by atoms with Crippen molar-refractivity contribution >= 4 is 17.9 Å². The van der Waals surface area contributed by atoms with Gasteiger partial charge in [-0.25, -0.2) is 0 Å². The van der Waals surface area contributed by atoms with Gasteiger partial charge < -0.3 is 14.2 Å². The zero-order chi connectivity index (χ0) is 57.8. The summed E-state index contributed by atoms with van der Waals surface area (Å²) >= 11 is 0. The van der Waals surface area contributed by atoms with E-state index in [9.17, 15) is 14.4 Å². The quantitative estimate of drug-likeness (QED) is 0.0261. The molecule has 0 aliphatic carbocycles. The smallest absolute Gasteiger partial charge is 0.306 e. The number of carbonyl (C=O) groups excluding carboxylic acids is 3. The number of rotatable bonds is 60. The predicted molar refractivity (Wildman–Crippen MR) is 348 cm³/mol. The van der Waals surface area contributed by atoms with Gasteiger partial charge in [0.15, 0.2) is 6.10 Å². The van der Waals surface area contributed by atoms with Gasteiger partial charge in [0.05, 0.1) is 0 Å². The minimum atomic E-state index is -0.816. The Kier molecular flexibility index (Phi) is 63.8. The summed E-state index contributed by atoms with van der Waals surface area (Å²) in [5, 5.41) is 0. The second-order valence-corrected chi connectivity index (χ2v) is 22.0. The molecule has 1 atom stereocenters. The maximum absolute atomic E-state index is 12.8. The van der Waals surface area contributed by atoms with Gasteiger partial charge in [-0.15, -0.1) is 0 Å².